The zero-order valence-electron chi connectivity index (χ0n) is 11.4. The Labute approximate surface area is 108 Å². The predicted molar refractivity (Wildman–Crippen MR) is 66.3 cm³/mol. The molecule has 0 spiro atoms. The van der Waals surface area contributed by atoms with Gasteiger partial charge in [-0.05, 0) is 40.0 Å². The first-order valence-corrected chi connectivity index (χ1v) is 6.64. The van der Waals surface area contributed by atoms with Crippen LogP contribution in [0, 0.1) is 0 Å². The van der Waals surface area contributed by atoms with E-state index in [1.165, 1.54) is 0 Å². The summed E-state index contributed by atoms with van der Waals surface area (Å²) in [6, 6.07) is -0.0214. The third kappa shape index (κ3) is 3.14. The first-order chi connectivity index (χ1) is 8.37. The van der Waals surface area contributed by atoms with Crippen LogP contribution in [0.15, 0.2) is 0 Å². The van der Waals surface area contributed by atoms with Gasteiger partial charge in [0.05, 0.1) is 31.4 Å². The molecule has 2 heterocycles. The number of amides is 1. The number of hydrogen-bond acceptors (Lipinski definition) is 4. The van der Waals surface area contributed by atoms with Crippen molar-refractivity contribution in [3.8, 4) is 0 Å². The Morgan fingerprint density at radius 3 is 2.61 bits per heavy atom. The second kappa shape index (κ2) is 5.05. The molecule has 3 unspecified atom stereocenters. The highest BCUT2D eigenvalue weighted by molar-refractivity contribution is 5.69. The van der Waals surface area contributed by atoms with Crippen molar-refractivity contribution in [1.82, 2.24) is 4.90 Å². The molecule has 104 valence electrons. The largest absolute Gasteiger partial charge is 0.444 e. The summed E-state index contributed by atoms with van der Waals surface area (Å²) in [5.41, 5.74) is -0.489. The molecule has 2 saturated heterocycles. The standard InChI is InChI=1S/C13H23NO4/c1-13(2,3)18-12(16)14-9-4-5-11(15)6-10(14)8-17-7-9/h9-11,15H,4-8H2,1-3H3. The molecule has 0 aromatic heterocycles. The minimum Gasteiger partial charge on any atom is -0.444 e. The van der Waals surface area contributed by atoms with Gasteiger partial charge >= 0.3 is 6.09 Å². The SMILES string of the molecule is CC(C)(C)OC(=O)N1C2CCC(O)CC1COC2. The summed E-state index contributed by atoms with van der Waals surface area (Å²) in [6.07, 6.45) is 1.46. The molecule has 0 saturated carbocycles. The second-order valence-corrected chi connectivity index (χ2v) is 6.20. The van der Waals surface area contributed by atoms with Crippen LogP contribution < -0.4 is 0 Å². The van der Waals surface area contributed by atoms with Crippen molar-refractivity contribution in [2.45, 2.75) is 63.8 Å². The van der Waals surface area contributed by atoms with Crippen LogP contribution in [0.4, 0.5) is 4.79 Å². The topological polar surface area (TPSA) is 59.0 Å². The number of carbonyl (C=O) groups is 1. The molecular formula is C13H23NO4. The van der Waals surface area contributed by atoms with Gasteiger partial charge in [-0.1, -0.05) is 0 Å². The Hall–Kier alpha value is -0.810. The number of carbonyl (C=O) groups excluding carboxylic acids is 1. The van der Waals surface area contributed by atoms with Crippen LogP contribution in [-0.4, -0.2) is 53.1 Å². The van der Waals surface area contributed by atoms with E-state index in [-0.39, 0.29) is 24.3 Å². The van der Waals surface area contributed by atoms with E-state index in [0.29, 0.717) is 19.6 Å². The quantitative estimate of drug-likeness (QED) is 0.715. The summed E-state index contributed by atoms with van der Waals surface area (Å²) in [7, 11) is 0. The van der Waals surface area contributed by atoms with Crippen LogP contribution in [0.1, 0.15) is 40.0 Å². The van der Waals surface area contributed by atoms with E-state index in [4.69, 9.17) is 9.47 Å². The van der Waals surface area contributed by atoms with Gasteiger partial charge in [-0.25, -0.2) is 4.79 Å². The van der Waals surface area contributed by atoms with Gasteiger partial charge in [0.1, 0.15) is 5.60 Å². The zero-order valence-corrected chi connectivity index (χ0v) is 11.4. The minimum absolute atomic E-state index is 0.0377. The maximum atomic E-state index is 12.3. The molecule has 3 atom stereocenters. The van der Waals surface area contributed by atoms with Crippen LogP contribution in [-0.2, 0) is 9.47 Å². The van der Waals surface area contributed by atoms with Crippen LogP contribution in [0.2, 0.25) is 0 Å². The summed E-state index contributed by atoms with van der Waals surface area (Å²) in [5, 5.41) is 9.83. The monoisotopic (exact) mass is 257 g/mol. The molecule has 2 fully saturated rings. The fourth-order valence-corrected chi connectivity index (χ4v) is 2.63. The van der Waals surface area contributed by atoms with Gasteiger partial charge in [-0.3, -0.25) is 4.90 Å². The lowest BCUT2D eigenvalue weighted by molar-refractivity contribution is -0.0609. The summed E-state index contributed by atoms with van der Waals surface area (Å²) < 4.78 is 11.0. The Kier molecular flexibility index (Phi) is 3.82. The molecule has 2 aliphatic heterocycles. The zero-order chi connectivity index (χ0) is 13.3. The fraction of sp³-hybridized carbons (Fsp3) is 0.923. The van der Waals surface area contributed by atoms with Gasteiger partial charge in [0.2, 0.25) is 0 Å². The number of morpholine rings is 1. The third-order valence-electron chi connectivity index (χ3n) is 3.39. The Morgan fingerprint density at radius 1 is 1.28 bits per heavy atom. The van der Waals surface area contributed by atoms with E-state index < -0.39 is 5.60 Å². The number of ether oxygens (including phenoxy) is 2. The molecule has 0 aromatic carbocycles. The van der Waals surface area contributed by atoms with Crippen LogP contribution in [0.3, 0.4) is 0 Å². The van der Waals surface area contributed by atoms with Gasteiger partial charge < -0.3 is 14.6 Å². The molecule has 5 heteroatoms. The van der Waals surface area contributed by atoms with E-state index in [9.17, 15) is 9.90 Å². The normalized spacial score (nSPS) is 32.9. The van der Waals surface area contributed by atoms with Crippen LogP contribution >= 0.6 is 0 Å². The van der Waals surface area contributed by atoms with Gasteiger partial charge in [0.15, 0.2) is 0 Å². The molecule has 0 aromatic rings. The Morgan fingerprint density at radius 2 is 1.94 bits per heavy atom. The van der Waals surface area contributed by atoms with E-state index in [1.54, 1.807) is 4.90 Å². The first-order valence-electron chi connectivity index (χ1n) is 6.64. The molecule has 2 rings (SSSR count). The van der Waals surface area contributed by atoms with Gasteiger partial charge in [0.25, 0.3) is 0 Å². The number of rotatable bonds is 0. The number of aliphatic hydroxyl groups is 1. The van der Waals surface area contributed by atoms with Crippen molar-refractivity contribution in [2.75, 3.05) is 13.2 Å². The summed E-state index contributed by atoms with van der Waals surface area (Å²) in [4.78, 5) is 14.0. The third-order valence-corrected chi connectivity index (χ3v) is 3.39. The predicted octanol–water partition coefficient (Wildman–Crippen LogP) is 1.54. The van der Waals surface area contributed by atoms with Gasteiger partial charge in [0, 0.05) is 0 Å². The molecule has 2 aliphatic rings. The summed E-state index contributed by atoms with van der Waals surface area (Å²) in [5.74, 6) is 0. The van der Waals surface area contributed by atoms with Gasteiger partial charge in [-0.15, -0.1) is 0 Å². The van der Waals surface area contributed by atoms with E-state index in [0.717, 1.165) is 12.8 Å². The molecule has 5 nitrogen and oxygen atoms in total. The maximum Gasteiger partial charge on any atom is 0.410 e. The van der Waals surface area contributed by atoms with E-state index in [2.05, 4.69) is 0 Å². The molecule has 1 amide bonds. The second-order valence-electron chi connectivity index (χ2n) is 6.20. The average Bonchev–Trinajstić information content (AvgIpc) is 2.31. The lowest BCUT2D eigenvalue weighted by Gasteiger charge is -2.40. The minimum atomic E-state index is -0.489. The van der Waals surface area contributed by atoms with Crippen LogP contribution in [0.25, 0.3) is 0 Å². The molecule has 0 radical (unpaired) electrons. The highest BCUT2D eigenvalue weighted by atomic mass is 16.6. The molecule has 1 N–H and O–H groups in total. The Balaban J connectivity index is 2.11. The molecular weight excluding hydrogens is 234 g/mol. The number of fused-ring (bicyclic) bond motifs is 2. The summed E-state index contributed by atoms with van der Waals surface area (Å²) >= 11 is 0. The number of nitrogens with zero attached hydrogens (tertiary/aromatic N) is 1. The average molecular weight is 257 g/mol. The highest BCUT2D eigenvalue weighted by Gasteiger charge is 2.40. The van der Waals surface area contributed by atoms with Crippen molar-refractivity contribution in [2.24, 2.45) is 0 Å². The molecule has 18 heavy (non-hydrogen) atoms. The Bertz CT molecular complexity index is 313. The summed E-state index contributed by atoms with van der Waals surface area (Å²) in [6.45, 7) is 6.63. The van der Waals surface area contributed by atoms with E-state index >= 15 is 0 Å². The molecule has 2 bridgehead atoms. The lowest BCUT2D eigenvalue weighted by Crippen LogP contribution is -2.55. The fourth-order valence-electron chi connectivity index (χ4n) is 2.63. The first kappa shape index (κ1) is 13.6. The lowest BCUT2D eigenvalue weighted by atomic mass is 10.1. The number of hydrogen-bond donors (Lipinski definition) is 1. The van der Waals surface area contributed by atoms with Crippen LogP contribution in [0.5, 0.6) is 0 Å². The maximum absolute atomic E-state index is 12.3. The van der Waals surface area contributed by atoms with Gasteiger partial charge in [-0.2, -0.15) is 0 Å². The van der Waals surface area contributed by atoms with Crippen molar-refractivity contribution >= 4 is 6.09 Å². The van der Waals surface area contributed by atoms with Crippen molar-refractivity contribution in [3.05, 3.63) is 0 Å². The highest BCUT2D eigenvalue weighted by Crippen LogP contribution is 2.28. The molecule has 0 aliphatic carbocycles. The smallest absolute Gasteiger partial charge is 0.410 e. The van der Waals surface area contributed by atoms with Crippen molar-refractivity contribution in [3.63, 3.8) is 0 Å². The van der Waals surface area contributed by atoms with Crippen molar-refractivity contribution in [1.29, 1.82) is 0 Å². The number of aliphatic hydroxyl groups excluding tert-OH is 1. The van der Waals surface area contributed by atoms with Crippen molar-refractivity contribution < 1.29 is 19.4 Å². The van der Waals surface area contributed by atoms with E-state index in [1.807, 2.05) is 20.8 Å².